The molecule has 0 aliphatic heterocycles. The Morgan fingerprint density at radius 2 is 1.75 bits per heavy atom. The minimum absolute atomic E-state index is 0.253. The Balaban J connectivity index is 1.69. The summed E-state index contributed by atoms with van der Waals surface area (Å²) in [6.45, 7) is 4.90. The van der Waals surface area contributed by atoms with Crippen LogP contribution < -0.4 is 10.4 Å². The minimum Gasteiger partial charge on any atom is -0.0843 e. The van der Waals surface area contributed by atoms with Crippen LogP contribution in [0.2, 0.25) is 5.02 Å². The van der Waals surface area contributed by atoms with Crippen LogP contribution in [0.3, 0.4) is 0 Å². The molecule has 1 heteroatoms. The van der Waals surface area contributed by atoms with Crippen LogP contribution in [0, 0.1) is 11.3 Å². The molecule has 0 heterocycles. The Morgan fingerprint density at radius 1 is 0.964 bits per heavy atom. The predicted octanol–water partition coefficient (Wildman–Crippen LogP) is 5.98. The first-order valence-electron chi connectivity index (χ1n) is 10.5. The number of rotatable bonds is 2. The monoisotopic (exact) mass is 386 g/mol. The second kappa shape index (κ2) is 6.78. The van der Waals surface area contributed by atoms with Crippen molar-refractivity contribution in [2.75, 3.05) is 0 Å². The maximum Gasteiger partial charge on any atom is 0.0406 e. The van der Waals surface area contributed by atoms with Gasteiger partial charge >= 0.3 is 0 Å². The summed E-state index contributed by atoms with van der Waals surface area (Å²) < 4.78 is 0. The molecule has 28 heavy (non-hydrogen) atoms. The van der Waals surface area contributed by atoms with Gasteiger partial charge in [-0.2, -0.15) is 0 Å². The molecule has 0 radical (unpaired) electrons. The summed E-state index contributed by atoms with van der Waals surface area (Å²) in [5.41, 5.74) is 8.12. The van der Waals surface area contributed by atoms with Crippen molar-refractivity contribution in [2.45, 2.75) is 46.0 Å². The van der Waals surface area contributed by atoms with Crippen molar-refractivity contribution in [1.29, 1.82) is 0 Å². The number of allylic oxidation sites excluding steroid dienone is 4. The molecule has 142 valence electrons. The summed E-state index contributed by atoms with van der Waals surface area (Å²) in [7, 11) is 0. The fourth-order valence-corrected chi connectivity index (χ4v) is 5.66. The van der Waals surface area contributed by atoms with Gasteiger partial charge in [-0.1, -0.05) is 74.0 Å². The molecule has 3 aliphatic rings. The SMILES string of the molecule is CC1(C)CCC=C2C1=C1CC=c3ccccc3=C1CC2Cc1ccc(Cl)cc1. The van der Waals surface area contributed by atoms with E-state index in [9.17, 15) is 0 Å². The lowest BCUT2D eigenvalue weighted by molar-refractivity contribution is 0.381. The maximum absolute atomic E-state index is 6.12. The fraction of sp³-hybridized carbons (Fsp3) is 0.333. The number of hydrogen-bond acceptors (Lipinski definition) is 0. The Labute approximate surface area is 172 Å². The summed E-state index contributed by atoms with van der Waals surface area (Å²) >= 11 is 6.12. The van der Waals surface area contributed by atoms with Crippen LogP contribution >= 0.6 is 11.6 Å². The van der Waals surface area contributed by atoms with Gasteiger partial charge in [-0.25, -0.2) is 0 Å². The van der Waals surface area contributed by atoms with E-state index in [1.54, 1.807) is 22.3 Å². The highest BCUT2D eigenvalue weighted by atomic mass is 35.5. The second-order valence-corrected chi connectivity index (χ2v) is 9.58. The summed E-state index contributed by atoms with van der Waals surface area (Å²) in [6, 6.07) is 17.4. The first-order chi connectivity index (χ1) is 13.5. The van der Waals surface area contributed by atoms with Crippen LogP contribution in [0.4, 0.5) is 0 Å². The first kappa shape index (κ1) is 18.0. The summed E-state index contributed by atoms with van der Waals surface area (Å²) in [5, 5.41) is 3.69. The summed E-state index contributed by atoms with van der Waals surface area (Å²) in [6.07, 6.45) is 10.7. The van der Waals surface area contributed by atoms with Gasteiger partial charge in [0.05, 0.1) is 0 Å². The highest BCUT2D eigenvalue weighted by Gasteiger charge is 2.39. The van der Waals surface area contributed by atoms with Crippen molar-refractivity contribution >= 4 is 23.3 Å². The molecule has 1 unspecified atom stereocenters. The van der Waals surface area contributed by atoms with E-state index in [4.69, 9.17) is 11.6 Å². The molecule has 0 N–H and O–H groups in total. The van der Waals surface area contributed by atoms with E-state index in [1.165, 1.54) is 28.8 Å². The van der Waals surface area contributed by atoms with E-state index in [-0.39, 0.29) is 5.41 Å². The predicted molar refractivity (Wildman–Crippen MR) is 120 cm³/mol. The molecule has 0 amide bonds. The highest BCUT2D eigenvalue weighted by molar-refractivity contribution is 6.30. The molecule has 0 saturated heterocycles. The van der Waals surface area contributed by atoms with Gasteiger partial charge in [-0.15, -0.1) is 0 Å². The van der Waals surface area contributed by atoms with Crippen molar-refractivity contribution in [3.63, 3.8) is 0 Å². The number of fused-ring (bicyclic) bond motifs is 3. The molecule has 2 aromatic carbocycles. The Hall–Kier alpha value is -2.05. The third kappa shape index (κ3) is 2.99. The molecule has 0 nitrogen and oxygen atoms in total. The van der Waals surface area contributed by atoms with Gasteiger partial charge in [0.15, 0.2) is 0 Å². The zero-order chi connectivity index (χ0) is 19.3. The largest absolute Gasteiger partial charge is 0.0843 e. The Morgan fingerprint density at radius 3 is 2.57 bits per heavy atom. The quantitative estimate of drug-likeness (QED) is 0.595. The van der Waals surface area contributed by atoms with Gasteiger partial charge in [-0.3, -0.25) is 0 Å². The Bertz CT molecular complexity index is 1110. The molecule has 0 bridgehead atoms. The van der Waals surface area contributed by atoms with E-state index >= 15 is 0 Å². The van der Waals surface area contributed by atoms with E-state index in [1.807, 2.05) is 12.1 Å². The summed E-state index contributed by atoms with van der Waals surface area (Å²) in [4.78, 5) is 0. The van der Waals surface area contributed by atoms with Gasteiger partial charge < -0.3 is 0 Å². The van der Waals surface area contributed by atoms with Crippen molar-refractivity contribution in [2.24, 2.45) is 11.3 Å². The topological polar surface area (TPSA) is 0 Å². The van der Waals surface area contributed by atoms with Gasteiger partial charge in [0.25, 0.3) is 0 Å². The van der Waals surface area contributed by atoms with E-state index in [2.05, 4.69) is 62.4 Å². The van der Waals surface area contributed by atoms with E-state index in [0.717, 1.165) is 24.3 Å². The van der Waals surface area contributed by atoms with Crippen molar-refractivity contribution in [3.05, 3.63) is 92.3 Å². The smallest absolute Gasteiger partial charge is 0.0406 e. The number of hydrogen-bond donors (Lipinski definition) is 0. The summed E-state index contributed by atoms with van der Waals surface area (Å²) in [5.74, 6) is 0.556. The van der Waals surface area contributed by atoms with Crippen molar-refractivity contribution in [3.8, 4) is 0 Å². The van der Waals surface area contributed by atoms with Gasteiger partial charge in [0.1, 0.15) is 0 Å². The molecule has 0 spiro atoms. The molecule has 2 aromatic rings. The maximum atomic E-state index is 6.12. The number of halogens is 1. The van der Waals surface area contributed by atoms with E-state index < -0.39 is 0 Å². The molecule has 5 rings (SSSR count). The van der Waals surface area contributed by atoms with Crippen LogP contribution in [-0.4, -0.2) is 0 Å². The van der Waals surface area contributed by atoms with Crippen LogP contribution in [0.5, 0.6) is 0 Å². The zero-order valence-corrected chi connectivity index (χ0v) is 17.5. The highest BCUT2D eigenvalue weighted by Crippen LogP contribution is 2.52. The van der Waals surface area contributed by atoms with Crippen LogP contribution in [-0.2, 0) is 6.42 Å². The average Bonchev–Trinajstić information content (AvgIpc) is 2.69. The lowest BCUT2D eigenvalue weighted by Gasteiger charge is -2.43. The lowest BCUT2D eigenvalue weighted by atomic mass is 9.61. The first-order valence-corrected chi connectivity index (χ1v) is 10.9. The van der Waals surface area contributed by atoms with Gasteiger partial charge in [0.2, 0.25) is 0 Å². The fourth-order valence-electron chi connectivity index (χ4n) is 5.54. The van der Waals surface area contributed by atoms with Crippen LogP contribution in [0.15, 0.2) is 71.3 Å². The van der Waals surface area contributed by atoms with E-state index in [0.29, 0.717) is 5.92 Å². The van der Waals surface area contributed by atoms with Crippen molar-refractivity contribution < 1.29 is 0 Å². The van der Waals surface area contributed by atoms with Crippen LogP contribution in [0.25, 0.3) is 11.6 Å². The molecular weight excluding hydrogens is 360 g/mol. The standard InChI is InChI=1S/C27H27Cl/c1-27(2)15-5-8-23-20(16-18-9-12-21(28)13-10-18)17-25-22-7-4-3-6-19(22)11-14-24(25)26(23)27/h3-4,6-13,20H,5,14-17H2,1-2H3. The number of benzene rings is 2. The van der Waals surface area contributed by atoms with Crippen molar-refractivity contribution in [1.82, 2.24) is 0 Å². The second-order valence-electron chi connectivity index (χ2n) is 9.14. The zero-order valence-electron chi connectivity index (χ0n) is 16.8. The molecular formula is C27H27Cl. The average molecular weight is 387 g/mol. The molecule has 0 aromatic heterocycles. The molecule has 0 fully saturated rings. The third-order valence-electron chi connectivity index (χ3n) is 6.86. The minimum atomic E-state index is 0.253. The molecule has 3 aliphatic carbocycles. The lowest BCUT2D eigenvalue weighted by Crippen LogP contribution is -2.36. The normalized spacial score (nSPS) is 22.6. The van der Waals surface area contributed by atoms with Crippen LogP contribution in [0.1, 0.15) is 45.1 Å². The Kier molecular flexibility index (Phi) is 4.36. The van der Waals surface area contributed by atoms with Gasteiger partial charge in [-0.05, 0) is 93.9 Å². The third-order valence-corrected chi connectivity index (χ3v) is 7.11. The van der Waals surface area contributed by atoms with Gasteiger partial charge in [0, 0.05) is 5.02 Å². The molecule has 1 atom stereocenters. The molecule has 0 saturated carbocycles.